The average Bonchev–Trinajstić information content (AvgIpc) is 2.72. The molecule has 5 heteroatoms. The van der Waals surface area contributed by atoms with E-state index >= 15 is 0 Å². The quantitative estimate of drug-likeness (QED) is 0.754. The summed E-state index contributed by atoms with van der Waals surface area (Å²) in [5, 5.41) is 2.98. The first-order valence-corrected chi connectivity index (χ1v) is 5.68. The third-order valence-electron chi connectivity index (χ3n) is 1.79. The van der Waals surface area contributed by atoms with Gasteiger partial charge in [-0.05, 0) is 24.3 Å². The van der Waals surface area contributed by atoms with E-state index in [4.69, 9.17) is 23.8 Å². The first kappa shape index (κ1) is 12.9. The van der Waals surface area contributed by atoms with Crippen LogP contribution in [0.5, 0.6) is 0 Å². The van der Waals surface area contributed by atoms with Crippen molar-refractivity contribution in [1.82, 2.24) is 9.78 Å². The fraction of sp³-hybridized carbons (Fsp3) is 0.182. The molecule has 0 spiro atoms. The van der Waals surface area contributed by atoms with Crippen molar-refractivity contribution in [2.24, 2.45) is 0 Å². The van der Waals surface area contributed by atoms with Crippen molar-refractivity contribution in [1.29, 1.82) is 0 Å². The predicted molar refractivity (Wildman–Crippen MR) is 67.3 cm³/mol. The van der Waals surface area contributed by atoms with Gasteiger partial charge in [-0.15, -0.1) is 0 Å². The van der Waals surface area contributed by atoms with Crippen molar-refractivity contribution in [3.05, 3.63) is 45.9 Å². The maximum Gasteiger partial charge on any atom is 0.141 e. The molecule has 0 aliphatic carbocycles. The van der Waals surface area contributed by atoms with Gasteiger partial charge in [-0.25, -0.2) is 4.39 Å². The first-order valence-electron chi connectivity index (χ1n) is 4.90. The zero-order valence-corrected chi connectivity index (χ0v) is 10.6. The second kappa shape index (κ2) is 5.82. The van der Waals surface area contributed by atoms with E-state index in [0.717, 1.165) is 5.69 Å². The number of H-pyrrole nitrogens is 1. The molecule has 2 rings (SSSR count). The highest BCUT2D eigenvalue weighted by Gasteiger charge is 2.01. The summed E-state index contributed by atoms with van der Waals surface area (Å²) >= 11 is 10.6. The van der Waals surface area contributed by atoms with E-state index in [2.05, 4.69) is 5.10 Å². The predicted octanol–water partition coefficient (Wildman–Crippen LogP) is 4.35. The Balaban J connectivity index is 0.000000606. The van der Waals surface area contributed by atoms with Gasteiger partial charge in [0.25, 0.3) is 0 Å². The largest absolute Gasteiger partial charge is 0.284 e. The van der Waals surface area contributed by atoms with Gasteiger partial charge in [0.15, 0.2) is 0 Å². The minimum atomic E-state index is -0.429. The number of hydrogen-bond acceptors (Lipinski definition) is 1. The normalized spacial score (nSPS) is 9.50. The van der Waals surface area contributed by atoms with E-state index in [0.29, 0.717) is 4.64 Å². The van der Waals surface area contributed by atoms with E-state index in [1.165, 1.54) is 12.1 Å². The molecule has 0 saturated heterocycles. The average molecular weight is 259 g/mol. The van der Waals surface area contributed by atoms with Crippen LogP contribution in [0.4, 0.5) is 4.39 Å². The van der Waals surface area contributed by atoms with Crippen molar-refractivity contribution in [3.63, 3.8) is 0 Å². The topological polar surface area (TPSA) is 20.7 Å². The molecule has 1 heterocycles. The second-order valence-corrected chi connectivity index (χ2v) is 3.61. The molecule has 86 valence electrons. The lowest BCUT2D eigenvalue weighted by Crippen LogP contribution is -1.94. The van der Waals surface area contributed by atoms with E-state index in [1.807, 2.05) is 13.8 Å². The van der Waals surface area contributed by atoms with Gasteiger partial charge in [0, 0.05) is 6.20 Å². The Kier molecular flexibility index (Phi) is 4.71. The summed E-state index contributed by atoms with van der Waals surface area (Å²) in [5.41, 5.74) is 0.743. The number of aromatic amines is 1. The number of nitrogens with one attached hydrogen (secondary N) is 1. The summed E-state index contributed by atoms with van der Waals surface area (Å²) in [6.45, 7) is 4.00. The maximum absolute atomic E-state index is 12.8. The van der Waals surface area contributed by atoms with Crippen molar-refractivity contribution < 1.29 is 4.39 Å². The highest BCUT2D eigenvalue weighted by Crippen LogP contribution is 2.18. The minimum absolute atomic E-state index is 0.0931. The van der Waals surface area contributed by atoms with Crippen LogP contribution >= 0.6 is 23.8 Å². The van der Waals surface area contributed by atoms with Crippen LogP contribution < -0.4 is 0 Å². The molecule has 0 aliphatic heterocycles. The molecule has 1 N–H and O–H groups in total. The Hall–Kier alpha value is -1.13. The molecule has 2 nitrogen and oxygen atoms in total. The number of rotatable bonds is 1. The van der Waals surface area contributed by atoms with Crippen LogP contribution in [0.3, 0.4) is 0 Å². The number of halogens is 2. The monoisotopic (exact) mass is 258 g/mol. The lowest BCUT2D eigenvalue weighted by Gasteiger charge is -2.02. The molecule has 16 heavy (non-hydrogen) atoms. The molecule has 0 unspecified atom stereocenters. The lowest BCUT2D eigenvalue weighted by molar-refractivity contribution is 0.627. The van der Waals surface area contributed by atoms with Crippen LogP contribution in [0.1, 0.15) is 13.8 Å². The van der Waals surface area contributed by atoms with Gasteiger partial charge < -0.3 is 0 Å². The number of aromatic nitrogens is 2. The van der Waals surface area contributed by atoms with Crippen LogP contribution in [0.2, 0.25) is 5.02 Å². The number of hydrogen-bond donors (Lipinski definition) is 1. The van der Waals surface area contributed by atoms with Gasteiger partial charge in [-0.2, -0.15) is 0 Å². The van der Waals surface area contributed by atoms with Gasteiger partial charge in [-0.3, -0.25) is 9.78 Å². The van der Waals surface area contributed by atoms with Gasteiger partial charge in [0.05, 0.1) is 10.7 Å². The molecule has 0 bridgehead atoms. The summed E-state index contributed by atoms with van der Waals surface area (Å²) in [5.74, 6) is -0.429. The molecule has 0 radical (unpaired) electrons. The summed E-state index contributed by atoms with van der Waals surface area (Å²) in [6, 6.07) is 6.20. The third kappa shape index (κ3) is 2.93. The van der Waals surface area contributed by atoms with Crippen LogP contribution in [-0.4, -0.2) is 9.78 Å². The standard InChI is InChI=1S/C9H6ClFN2S.C2H6/c10-7-5-6(1-2-8(7)11)13-4-3-9(14)12-13;1-2/h1-5H,(H,12,14);1-2H3. The summed E-state index contributed by atoms with van der Waals surface area (Å²) in [6.07, 6.45) is 1.76. The second-order valence-electron chi connectivity index (χ2n) is 2.76. The summed E-state index contributed by atoms with van der Waals surface area (Å²) < 4.78 is 15.1. The first-order chi connectivity index (χ1) is 7.66. The molecule has 1 aromatic heterocycles. The molecule has 0 atom stereocenters. The SMILES string of the molecule is CC.Fc1ccc(-n2ccc(=S)[nH]2)cc1Cl. The van der Waals surface area contributed by atoms with Crippen LogP contribution in [0.25, 0.3) is 5.69 Å². The molecule has 2 aromatic rings. The van der Waals surface area contributed by atoms with Crippen molar-refractivity contribution in [2.75, 3.05) is 0 Å². The summed E-state index contributed by atoms with van der Waals surface area (Å²) in [4.78, 5) is 0. The Morgan fingerprint density at radius 3 is 2.50 bits per heavy atom. The lowest BCUT2D eigenvalue weighted by atomic mass is 10.3. The molecular formula is C11H12ClFN2S. The molecule has 0 saturated carbocycles. The Labute approximate surface area is 104 Å². The molecular weight excluding hydrogens is 247 g/mol. The zero-order chi connectivity index (χ0) is 12.1. The van der Waals surface area contributed by atoms with Gasteiger partial charge in [-0.1, -0.05) is 37.7 Å². The van der Waals surface area contributed by atoms with E-state index in [1.54, 1.807) is 23.0 Å². The number of benzene rings is 1. The fourth-order valence-electron chi connectivity index (χ4n) is 1.12. The zero-order valence-electron chi connectivity index (χ0n) is 9.00. The smallest absolute Gasteiger partial charge is 0.141 e. The number of nitrogens with zero attached hydrogens (tertiary/aromatic N) is 1. The van der Waals surface area contributed by atoms with E-state index < -0.39 is 5.82 Å². The third-order valence-corrected chi connectivity index (χ3v) is 2.30. The fourth-order valence-corrected chi connectivity index (χ4v) is 1.45. The molecule has 0 amide bonds. The highest BCUT2D eigenvalue weighted by molar-refractivity contribution is 7.71. The molecule has 0 aliphatic rings. The van der Waals surface area contributed by atoms with Crippen LogP contribution in [0, 0.1) is 10.5 Å². The molecule has 0 fully saturated rings. The highest BCUT2D eigenvalue weighted by atomic mass is 35.5. The van der Waals surface area contributed by atoms with E-state index in [-0.39, 0.29) is 5.02 Å². The van der Waals surface area contributed by atoms with Crippen molar-refractivity contribution >= 4 is 23.8 Å². The van der Waals surface area contributed by atoms with E-state index in [9.17, 15) is 4.39 Å². The minimum Gasteiger partial charge on any atom is -0.284 e. The van der Waals surface area contributed by atoms with Gasteiger partial charge in [0.1, 0.15) is 10.5 Å². The maximum atomic E-state index is 12.8. The Morgan fingerprint density at radius 2 is 2.00 bits per heavy atom. The van der Waals surface area contributed by atoms with Crippen molar-refractivity contribution in [2.45, 2.75) is 13.8 Å². The molecule has 1 aromatic carbocycles. The van der Waals surface area contributed by atoms with Gasteiger partial charge >= 0.3 is 0 Å². The van der Waals surface area contributed by atoms with Crippen molar-refractivity contribution in [3.8, 4) is 5.69 Å². The Bertz CT molecular complexity index is 519. The van der Waals surface area contributed by atoms with Gasteiger partial charge in [0.2, 0.25) is 0 Å². The Morgan fingerprint density at radius 1 is 1.31 bits per heavy atom. The van der Waals surface area contributed by atoms with Crippen LogP contribution in [0.15, 0.2) is 30.5 Å². The van der Waals surface area contributed by atoms with Crippen LogP contribution in [-0.2, 0) is 0 Å². The summed E-state index contributed by atoms with van der Waals surface area (Å²) in [7, 11) is 0.